The molecular formula is C21H25NO2. The first kappa shape index (κ1) is 16.7. The average Bonchev–Trinajstić information content (AvgIpc) is 2.57. The third-order valence-electron chi connectivity index (χ3n) is 5.04. The summed E-state index contributed by atoms with van der Waals surface area (Å²) >= 11 is 0. The predicted molar refractivity (Wildman–Crippen MR) is 95.4 cm³/mol. The molecule has 0 bridgehead atoms. The van der Waals surface area contributed by atoms with Crippen molar-refractivity contribution in [2.24, 2.45) is 5.92 Å². The second-order valence-electron chi connectivity index (χ2n) is 7.27. The molecule has 1 aliphatic heterocycles. The summed E-state index contributed by atoms with van der Waals surface area (Å²) in [7, 11) is 0. The van der Waals surface area contributed by atoms with E-state index in [9.17, 15) is 9.59 Å². The van der Waals surface area contributed by atoms with E-state index in [1.54, 1.807) is 0 Å². The summed E-state index contributed by atoms with van der Waals surface area (Å²) in [5.74, 6) is 0.444. The molecular weight excluding hydrogens is 298 g/mol. The van der Waals surface area contributed by atoms with E-state index in [-0.39, 0.29) is 11.6 Å². The molecule has 3 heteroatoms. The molecule has 1 aromatic carbocycles. The lowest BCUT2D eigenvalue weighted by Gasteiger charge is -2.35. The Labute approximate surface area is 144 Å². The molecule has 0 saturated heterocycles. The molecule has 0 radical (unpaired) electrons. The van der Waals surface area contributed by atoms with Gasteiger partial charge in [0.2, 0.25) is 5.78 Å². The van der Waals surface area contributed by atoms with Crippen molar-refractivity contribution in [3.8, 4) is 0 Å². The molecule has 3 nitrogen and oxygen atoms in total. The average molecular weight is 323 g/mol. The Hall–Kier alpha value is -2.16. The summed E-state index contributed by atoms with van der Waals surface area (Å²) in [5.41, 5.74) is 5.15. The van der Waals surface area contributed by atoms with Crippen LogP contribution in [0.3, 0.4) is 0 Å². The Morgan fingerprint density at radius 3 is 2.33 bits per heavy atom. The lowest BCUT2D eigenvalue weighted by molar-refractivity contribution is -0.118. The highest BCUT2D eigenvalue weighted by atomic mass is 16.1. The maximum absolute atomic E-state index is 13.0. The van der Waals surface area contributed by atoms with Gasteiger partial charge in [-0.1, -0.05) is 38.1 Å². The highest BCUT2D eigenvalue weighted by Gasteiger charge is 2.34. The van der Waals surface area contributed by atoms with Gasteiger partial charge >= 0.3 is 0 Å². The lowest BCUT2D eigenvalue weighted by atomic mass is 9.83. The van der Waals surface area contributed by atoms with Gasteiger partial charge in [-0.25, -0.2) is 0 Å². The van der Waals surface area contributed by atoms with Crippen LogP contribution in [0.5, 0.6) is 0 Å². The van der Waals surface area contributed by atoms with Crippen LogP contribution in [0.1, 0.15) is 45.2 Å². The van der Waals surface area contributed by atoms with Gasteiger partial charge in [0, 0.05) is 29.8 Å². The van der Waals surface area contributed by atoms with Crippen molar-refractivity contribution >= 4 is 11.6 Å². The van der Waals surface area contributed by atoms with Crippen molar-refractivity contribution in [3.05, 3.63) is 57.8 Å². The van der Waals surface area contributed by atoms with Crippen molar-refractivity contribution in [2.75, 3.05) is 6.54 Å². The van der Waals surface area contributed by atoms with Gasteiger partial charge in [0.25, 0.3) is 0 Å². The van der Waals surface area contributed by atoms with Crippen LogP contribution in [0, 0.1) is 5.92 Å². The number of rotatable bonds is 3. The minimum Gasteiger partial charge on any atom is -0.363 e. The summed E-state index contributed by atoms with van der Waals surface area (Å²) in [6.07, 6.45) is 1.58. The number of hydrogen-bond acceptors (Lipinski definition) is 3. The predicted octanol–water partition coefficient (Wildman–Crippen LogP) is 3.83. The minimum absolute atomic E-state index is 0.0298. The van der Waals surface area contributed by atoms with E-state index in [4.69, 9.17) is 0 Å². The second-order valence-corrected chi connectivity index (χ2v) is 7.27. The number of ketones is 2. The molecule has 1 aliphatic carbocycles. The fourth-order valence-electron chi connectivity index (χ4n) is 3.71. The molecule has 1 aromatic rings. The van der Waals surface area contributed by atoms with Gasteiger partial charge in [0.15, 0.2) is 5.78 Å². The molecule has 0 unspecified atom stereocenters. The van der Waals surface area contributed by atoms with Crippen molar-refractivity contribution < 1.29 is 9.59 Å². The fourth-order valence-corrected chi connectivity index (χ4v) is 3.71. The molecule has 0 fully saturated rings. The zero-order chi connectivity index (χ0) is 17.4. The Morgan fingerprint density at radius 2 is 1.67 bits per heavy atom. The maximum Gasteiger partial charge on any atom is 0.205 e. The Bertz CT molecular complexity index is 768. The molecule has 0 spiro atoms. The zero-order valence-electron chi connectivity index (χ0n) is 15.0. The van der Waals surface area contributed by atoms with Crippen molar-refractivity contribution in [1.29, 1.82) is 0 Å². The quantitative estimate of drug-likeness (QED) is 0.793. The fraction of sp³-hybridized carbons (Fsp3) is 0.429. The Kier molecular flexibility index (Phi) is 4.44. The van der Waals surface area contributed by atoms with E-state index >= 15 is 0 Å². The van der Waals surface area contributed by atoms with Crippen LogP contribution in [0.15, 0.2) is 46.7 Å². The van der Waals surface area contributed by atoms with Crippen LogP contribution in [0.25, 0.3) is 0 Å². The van der Waals surface area contributed by atoms with E-state index in [0.717, 1.165) is 13.0 Å². The molecule has 1 heterocycles. The monoisotopic (exact) mass is 323 g/mol. The van der Waals surface area contributed by atoms with Crippen LogP contribution in [0.4, 0.5) is 0 Å². The first-order valence-corrected chi connectivity index (χ1v) is 8.72. The van der Waals surface area contributed by atoms with E-state index < -0.39 is 0 Å². The molecule has 0 N–H and O–H groups in total. The smallest absolute Gasteiger partial charge is 0.205 e. The lowest BCUT2D eigenvalue weighted by Crippen LogP contribution is -2.37. The molecule has 3 rings (SSSR count). The SMILES string of the molecule is CC1=C(CC(C)C)C(=O)C(C)=C(N2CCc3ccccc3C2)C1=O. The summed E-state index contributed by atoms with van der Waals surface area (Å²) in [6, 6.07) is 8.34. The Morgan fingerprint density at radius 1 is 1.00 bits per heavy atom. The van der Waals surface area contributed by atoms with Gasteiger partial charge in [-0.05, 0) is 43.7 Å². The second kappa shape index (κ2) is 6.39. The van der Waals surface area contributed by atoms with Crippen LogP contribution in [-0.4, -0.2) is 23.0 Å². The molecule has 0 saturated carbocycles. The van der Waals surface area contributed by atoms with Crippen LogP contribution < -0.4 is 0 Å². The summed E-state index contributed by atoms with van der Waals surface area (Å²) in [4.78, 5) is 27.9. The van der Waals surface area contributed by atoms with Gasteiger partial charge in [0.1, 0.15) is 0 Å². The molecule has 2 aliphatic rings. The Balaban J connectivity index is 1.94. The van der Waals surface area contributed by atoms with Gasteiger partial charge in [0.05, 0.1) is 5.70 Å². The maximum atomic E-state index is 13.0. The molecule has 0 amide bonds. The standard InChI is InChI=1S/C21H25NO2/c1-13(2)11-18-14(3)21(24)19(15(4)20(18)23)22-10-9-16-7-5-6-8-17(16)12-22/h5-8,13H,9-12H2,1-4H3. The van der Waals surface area contributed by atoms with Gasteiger partial charge in [-0.15, -0.1) is 0 Å². The third-order valence-corrected chi connectivity index (χ3v) is 5.04. The van der Waals surface area contributed by atoms with Crippen molar-refractivity contribution in [3.63, 3.8) is 0 Å². The van der Waals surface area contributed by atoms with Crippen LogP contribution in [-0.2, 0) is 22.6 Å². The van der Waals surface area contributed by atoms with Gasteiger partial charge in [-0.2, -0.15) is 0 Å². The first-order chi connectivity index (χ1) is 11.4. The number of hydrogen-bond donors (Lipinski definition) is 0. The molecule has 0 atom stereocenters. The summed E-state index contributed by atoms with van der Waals surface area (Å²) < 4.78 is 0. The number of fused-ring (bicyclic) bond motifs is 1. The number of nitrogens with zero attached hydrogens (tertiary/aromatic N) is 1. The van der Waals surface area contributed by atoms with Gasteiger partial charge < -0.3 is 4.90 Å². The van der Waals surface area contributed by atoms with Crippen LogP contribution >= 0.6 is 0 Å². The topological polar surface area (TPSA) is 37.4 Å². The van der Waals surface area contributed by atoms with Crippen molar-refractivity contribution in [2.45, 2.75) is 47.1 Å². The van der Waals surface area contributed by atoms with Crippen molar-refractivity contribution in [1.82, 2.24) is 4.90 Å². The molecule has 0 aromatic heterocycles. The third kappa shape index (κ3) is 2.83. The highest BCUT2D eigenvalue weighted by Crippen LogP contribution is 2.32. The number of carbonyl (C=O) groups is 2. The highest BCUT2D eigenvalue weighted by molar-refractivity contribution is 6.24. The largest absolute Gasteiger partial charge is 0.363 e. The number of Topliss-reactive ketones (excluding diaryl/α,β-unsaturated/α-hetero) is 2. The minimum atomic E-state index is 0.0298. The normalized spacial score (nSPS) is 18.6. The number of carbonyl (C=O) groups excluding carboxylic acids is 2. The molecule has 24 heavy (non-hydrogen) atoms. The van der Waals surface area contributed by atoms with E-state index in [1.807, 2.05) is 19.9 Å². The summed E-state index contributed by atoms with van der Waals surface area (Å²) in [6.45, 7) is 9.26. The number of benzene rings is 1. The number of allylic oxidation sites excluding steroid dienone is 3. The van der Waals surface area contributed by atoms with Gasteiger partial charge in [-0.3, -0.25) is 9.59 Å². The first-order valence-electron chi connectivity index (χ1n) is 8.72. The van der Waals surface area contributed by atoms with Crippen LogP contribution in [0.2, 0.25) is 0 Å². The van der Waals surface area contributed by atoms with E-state index in [0.29, 0.717) is 41.3 Å². The summed E-state index contributed by atoms with van der Waals surface area (Å²) in [5, 5.41) is 0. The van der Waals surface area contributed by atoms with E-state index in [1.165, 1.54) is 11.1 Å². The molecule has 126 valence electrons. The van der Waals surface area contributed by atoms with E-state index in [2.05, 4.69) is 36.9 Å². The zero-order valence-corrected chi connectivity index (χ0v) is 15.0.